The van der Waals surface area contributed by atoms with Gasteiger partial charge in [-0.05, 0) is 30.7 Å². The van der Waals surface area contributed by atoms with Crippen molar-refractivity contribution in [3.05, 3.63) is 64.8 Å². The Hall–Kier alpha value is -2.24. The zero-order chi connectivity index (χ0) is 18.8. The number of benzene rings is 2. The van der Waals surface area contributed by atoms with Crippen LogP contribution in [0.25, 0.3) is 10.9 Å². The summed E-state index contributed by atoms with van der Waals surface area (Å²) in [5.41, 5.74) is 4.10. The first-order valence-corrected chi connectivity index (χ1v) is 10.4. The minimum absolute atomic E-state index is 0.0225. The molecular formula is C21H20ClN3OS. The third-order valence-corrected chi connectivity index (χ3v) is 6.10. The van der Waals surface area contributed by atoms with E-state index < -0.39 is 0 Å². The summed E-state index contributed by atoms with van der Waals surface area (Å²) in [4.78, 5) is 19.6. The number of anilines is 2. The number of para-hydroxylation sites is 1. The number of nitrogens with one attached hydrogen (secondary N) is 1. The van der Waals surface area contributed by atoms with Gasteiger partial charge >= 0.3 is 0 Å². The van der Waals surface area contributed by atoms with Gasteiger partial charge in [0.05, 0.1) is 16.8 Å². The van der Waals surface area contributed by atoms with E-state index in [1.807, 2.05) is 66.1 Å². The van der Waals surface area contributed by atoms with Crippen molar-refractivity contribution >= 4 is 51.5 Å². The van der Waals surface area contributed by atoms with Crippen molar-refractivity contribution in [2.75, 3.05) is 29.9 Å². The number of fused-ring (bicyclic) bond motifs is 1. The number of nitrogens with zero attached hydrogens (tertiary/aromatic N) is 2. The summed E-state index contributed by atoms with van der Waals surface area (Å²) in [5.74, 6) is 1.97. The fourth-order valence-corrected chi connectivity index (χ4v) is 4.27. The third-order valence-electron chi connectivity index (χ3n) is 4.75. The second kappa shape index (κ2) is 7.79. The lowest BCUT2D eigenvalue weighted by atomic mass is 10.1. The van der Waals surface area contributed by atoms with Crippen molar-refractivity contribution in [1.29, 1.82) is 0 Å². The molecule has 1 amide bonds. The molecule has 0 radical (unpaired) electrons. The summed E-state index contributed by atoms with van der Waals surface area (Å²) in [6, 6.07) is 13.7. The van der Waals surface area contributed by atoms with E-state index in [2.05, 4.69) is 10.3 Å². The molecule has 0 bridgehead atoms. The number of pyridine rings is 1. The van der Waals surface area contributed by atoms with Gasteiger partial charge in [-0.2, -0.15) is 11.8 Å². The monoisotopic (exact) mass is 397 g/mol. The van der Waals surface area contributed by atoms with Gasteiger partial charge in [-0.1, -0.05) is 35.9 Å². The van der Waals surface area contributed by atoms with Crippen molar-refractivity contribution in [3.63, 3.8) is 0 Å². The van der Waals surface area contributed by atoms with E-state index in [-0.39, 0.29) is 5.91 Å². The van der Waals surface area contributed by atoms with Crippen molar-refractivity contribution in [2.45, 2.75) is 6.92 Å². The highest BCUT2D eigenvalue weighted by Gasteiger charge is 2.23. The molecule has 0 atom stereocenters. The first kappa shape index (κ1) is 18.1. The van der Waals surface area contributed by atoms with Crippen LogP contribution in [0.2, 0.25) is 5.02 Å². The summed E-state index contributed by atoms with van der Waals surface area (Å²) < 4.78 is 0. The second-order valence-corrected chi connectivity index (χ2v) is 8.19. The number of rotatable bonds is 3. The summed E-state index contributed by atoms with van der Waals surface area (Å²) >= 11 is 8.18. The average molecular weight is 398 g/mol. The van der Waals surface area contributed by atoms with Gasteiger partial charge in [0.1, 0.15) is 0 Å². The lowest BCUT2D eigenvalue weighted by molar-refractivity contribution is 0.0773. The minimum atomic E-state index is 0.0225. The highest BCUT2D eigenvalue weighted by atomic mass is 35.5. The molecule has 27 heavy (non-hydrogen) atoms. The molecule has 2 heterocycles. The van der Waals surface area contributed by atoms with Crippen molar-refractivity contribution in [1.82, 2.24) is 9.88 Å². The van der Waals surface area contributed by atoms with E-state index in [1.165, 1.54) is 0 Å². The Labute approximate surface area is 167 Å². The summed E-state index contributed by atoms with van der Waals surface area (Å²) in [6.07, 6.45) is 1.69. The molecule has 1 aliphatic heterocycles. The van der Waals surface area contributed by atoms with Crippen LogP contribution in [-0.4, -0.2) is 40.4 Å². The molecule has 0 aliphatic carbocycles. The van der Waals surface area contributed by atoms with E-state index in [9.17, 15) is 4.79 Å². The number of amides is 1. The molecule has 1 aromatic heterocycles. The van der Waals surface area contributed by atoms with Crippen LogP contribution in [0, 0.1) is 6.92 Å². The maximum Gasteiger partial charge on any atom is 0.257 e. The topological polar surface area (TPSA) is 45.2 Å². The van der Waals surface area contributed by atoms with Gasteiger partial charge in [-0.25, -0.2) is 0 Å². The molecule has 0 saturated carbocycles. The number of aryl methyl sites for hydroxylation is 1. The predicted molar refractivity (Wildman–Crippen MR) is 114 cm³/mol. The Morgan fingerprint density at radius 1 is 1.19 bits per heavy atom. The zero-order valence-corrected chi connectivity index (χ0v) is 16.6. The molecule has 1 saturated heterocycles. The van der Waals surface area contributed by atoms with Crippen molar-refractivity contribution in [3.8, 4) is 0 Å². The molecule has 3 aromatic rings. The molecule has 2 aromatic carbocycles. The van der Waals surface area contributed by atoms with Crippen LogP contribution in [0.15, 0.2) is 48.7 Å². The third kappa shape index (κ3) is 3.75. The van der Waals surface area contributed by atoms with Gasteiger partial charge in [0.15, 0.2) is 0 Å². The number of thioether (sulfide) groups is 1. The van der Waals surface area contributed by atoms with E-state index in [0.29, 0.717) is 10.6 Å². The van der Waals surface area contributed by atoms with Crippen molar-refractivity contribution in [2.24, 2.45) is 0 Å². The van der Waals surface area contributed by atoms with Crippen LogP contribution in [0.4, 0.5) is 11.4 Å². The molecule has 1 N–H and O–H groups in total. The molecular weight excluding hydrogens is 378 g/mol. The van der Waals surface area contributed by atoms with E-state index in [4.69, 9.17) is 11.6 Å². The Morgan fingerprint density at radius 2 is 1.96 bits per heavy atom. The molecule has 138 valence electrons. The molecule has 1 aliphatic rings. The first-order chi connectivity index (χ1) is 13.1. The fourth-order valence-electron chi connectivity index (χ4n) is 3.19. The standard InChI is InChI=1S/C21H20ClN3OS/c1-14-6-7-15(12-18(14)22)24-20-16-4-2-3-5-19(16)23-13-17(20)21(26)25-8-10-27-11-9-25/h2-7,12-13H,8-11H2,1H3,(H,23,24). The quantitative estimate of drug-likeness (QED) is 0.665. The average Bonchev–Trinajstić information content (AvgIpc) is 2.71. The lowest BCUT2D eigenvalue weighted by Gasteiger charge is -2.27. The fraction of sp³-hybridized carbons (Fsp3) is 0.238. The maximum absolute atomic E-state index is 13.2. The SMILES string of the molecule is Cc1ccc(Nc2c(C(=O)N3CCSCC3)cnc3ccccc23)cc1Cl. The van der Waals surface area contributed by atoms with Crippen molar-refractivity contribution < 1.29 is 4.79 Å². The molecule has 4 rings (SSSR count). The van der Waals surface area contributed by atoms with Gasteiger partial charge in [0.2, 0.25) is 0 Å². The summed E-state index contributed by atoms with van der Waals surface area (Å²) in [6.45, 7) is 3.51. The van der Waals surface area contributed by atoms with Crippen LogP contribution in [0.1, 0.15) is 15.9 Å². The molecule has 4 nitrogen and oxygen atoms in total. The van der Waals surface area contributed by atoms with E-state index in [1.54, 1.807) is 6.20 Å². The van der Waals surface area contributed by atoms with Crippen LogP contribution in [0.5, 0.6) is 0 Å². The Balaban J connectivity index is 1.79. The number of halogens is 1. The van der Waals surface area contributed by atoms with Gasteiger partial charge in [0, 0.05) is 46.9 Å². The van der Waals surface area contributed by atoms with Gasteiger partial charge in [0.25, 0.3) is 5.91 Å². The zero-order valence-electron chi connectivity index (χ0n) is 15.0. The number of carbonyl (C=O) groups is 1. The van der Waals surface area contributed by atoms with Gasteiger partial charge in [-0.3, -0.25) is 9.78 Å². The first-order valence-electron chi connectivity index (χ1n) is 8.91. The second-order valence-electron chi connectivity index (χ2n) is 6.56. The highest BCUT2D eigenvalue weighted by molar-refractivity contribution is 7.99. The predicted octanol–water partition coefficient (Wildman–Crippen LogP) is 5.13. The van der Waals surface area contributed by atoms with Gasteiger partial charge < -0.3 is 10.2 Å². The molecule has 1 fully saturated rings. The largest absolute Gasteiger partial charge is 0.354 e. The number of aromatic nitrogens is 1. The minimum Gasteiger partial charge on any atom is -0.354 e. The normalized spacial score (nSPS) is 14.4. The van der Waals surface area contributed by atoms with Crippen LogP contribution >= 0.6 is 23.4 Å². The number of carbonyl (C=O) groups excluding carboxylic acids is 1. The van der Waals surface area contributed by atoms with E-state index in [0.717, 1.165) is 52.4 Å². The van der Waals surface area contributed by atoms with Crippen LogP contribution < -0.4 is 5.32 Å². The Morgan fingerprint density at radius 3 is 2.74 bits per heavy atom. The smallest absolute Gasteiger partial charge is 0.257 e. The number of hydrogen-bond donors (Lipinski definition) is 1. The van der Waals surface area contributed by atoms with Crippen LogP contribution in [-0.2, 0) is 0 Å². The number of hydrogen-bond acceptors (Lipinski definition) is 4. The lowest BCUT2D eigenvalue weighted by Crippen LogP contribution is -2.38. The van der Waals surface area contributed by atoms with Crippen LogP contribution in [0.3, 0.4) is 0 Å². The Bertz CT molecular complexity index is 1000. The summed E-state index contributed by atoms with van der Waals surface area (Å²) in [7, 11) is 0. The van der Waals surface area contributed by atoms with E-state index >= 15 is 0 Å². The summed E-state index contributed by atoms with van der Waals surface area (Å²) in [5, 5.41) is 5.04. The highest BCUT2D eigenvalue weighted by Crippen LogP contribution is 2.31. The molecule has 0 unspecified atom stereocenters. The Kier molecular flexibility index (Phi) is 5.23. The maximum atomic E-state index is 13.2. The van der Waals surface area contributed by atoms with Gasteiger partial charge in [-0.15, -0.1) is 0 Å². The molecule has 6 heteroatoms. The molecule has 0 spiro atoms.